The smallest absolute Gasteiger partial charge is 0.347 e. The highest BCUT2D eigenvalue weighted by atomic mass is 35.5. The third-order valence-electron chi connectivity index (χ3n) is 5.69. The second-order valence-electron chi connectivity index (χ2n) is 7.90. The van der Waals surface area contributed by atoms with E-state index in [1.54, 1.807) is 31.3 Å². The van der Waals surface area contributed by atoms with Crippen LogP contribution in [0.15, 0.2) is 60.8 Å². The van der Waals surface area contributed by atoms with Crippen molar-refractivity contribution in [2.75, 3.05) is 14.2 Å². The lowest BCUT2D eigenvalue weighted by atomic mass is 9.84. The number of nitrogens with zero attached hydrogens (tertiary/aromatic N) is 2. The molecular formula is C25H25Cl2N3O5. The Morgan fingerprint density at radius 1 is 1.03 bits per heavy atom. The molecule has 3 aromatic rings. The highest BCUT2D eigenvalue weighted by Crippen LogP contribution is 2.36. The zero-order valence-corrected chi connectivity index (χ0v) is 21.1. The number of hydroxylamine groups is 2. The minimum absolute atomic E-state index is 0.0850. The van der Waals surface area contributed by atoms with E-state index in [4.69, 9.17) is 32.8 Å². The van der Waals surface area contributed by atoms with Gasteiger partial charge in [-0.1, -0.05) is 47.5 Å². The molecule has 2 aromatic carbocycles. The van der Waals surface area contributed by atoms with Crippen molar-refractivity contribution in [1.29, 1.82) is 0 Å². The molecule has 0 spiro atoms. The molecule has 0 saturated carbocycles. The van der Waals surface area contributed by atoms with Gasteiger partial charge in [0.1, 0.15) is 11.6 Å². The van der Waals surface area contributed by atoms with Crippen LogP contribution in [-0.4, -0.2) is 47.2 Å². The summed E-state index contributed by atoms with van der Waals surface area (Å²) in [5.41, 5.74) is 0.425. The molecule has 3 rings (SSSR count). The molecule has 184 valence electrons. The number of aromatic nitrogens is 1. The number of hydrogen-bond acceptors (Lipinski definition) is 7. The fourth-order valence-corrected chi connectivity index (χ4v) is 3.73. The number of halogens is 2. The summed E-state index contributed by atoms with van der Waals surface area (Å²) >= 11 is 12.2. The van der Waals surface area contributed by atoms with E-state index < -0.39 is 29.2 Å². The molecule has 8 nitrogen and oxygen atoms in total. The van der Waals surface area contributed by atoms with E-state index in [0.717, 1.165) is 11.1 Å². The maximum Gasteiger partial charge on any atom is 0.347 e. The molecule has 0 aliphatic rings. The van der Waals surface area contributed by atoms with Crippen LogP contribution in [0.5, 0.6) is 11.5 Å². The van der Waals surface area contributed by atoms with Crippen molar-refractivity contribution in [3.63, 3.8) is 0 Å². The number of carbonyl (C=O) groups excluding carboxylic acids is 2. The van der Waals surface area contributed by atoms with Crippen molar-refractivity contribution in [2.45, 2.75) is 25.4 Å². The predicted octanol–water partition coefficient (Wildman–Crippen LogP) is 4.57. The molecule has 35 heavy (non-hydrogen) atoms. The van der Waals surface area contributed by atoms with Gasteiger partial charge in [-0.15, -0.1) is 5.06 Å². The number of carbonyl (C=O) groups is 2. The molecule has 0 aliphatic carbocycles. The number of rotatable bonds is 8. The summed E-state index contributed by atoms with van der Waals surface area (Å²) < 4.78 is 4.99. The van der Waals surface area contributed by atoms with Crippen LogP contribution in [0.1, 0.15) is 35.5 Å². The van der Waals surface area contributed by atoms with Gasteiger partial charge < -0.3 is 20.0 Å². The molecular weight excluding hydrogens is 493 g/mol. The molecule has 0 saturated heterocycles. The SMILES string of the molecule is COc1ccnc(C(=O)N[C@@H](C)C(=O)ON(C)C(C)(c2ccc(Cl)cc2)c2ccc(Cl)cc2)c1O. The number of amides is 1. The van der Waals surface area contributed by atoms with E-state index in [-0.39, 0.29) is 11.4 Å². The van der Waals surface area contributed by atoms with Crippen molar-refractivity contribution >= 4 is 35.1 Å². The van der Waals surface area contributed by atoms with Gasteiger partial charge in [0.05, 0.1) is 7.11 Å². The zero-order valence-electron chi connectivity index (χ0n) is 19.6. The van der Waals surface area contributed by atoms with Crippen LogP contribution >= 0.6 is 23.2 Å². The average molecular weight is 518 g/mol. The summed E-state index contributed by atoms with van der Waals surface area (Å²) in [7, 11) is 2.97. The molecule has 1 heterocycles. The number of methoxy groups -OCH3 is 1. The van der Waals surface area contributed by atoms with E-state index in [0.29, 0.717) is 10.0 Å². The number of benzene rings is 2. The average Bonchev–Trinajstić information content (AvgIpc) is 2.84. The second kappa shape index (κ2) is 10.9. The number of aromatic hydroxyl groups is 1. The zero-order chi connectivity index (χ0) is 25.8. The molecule has 10 heteroatoms. The summed E-state index contributed by atoms with van der Waals surface area (Å²) in [4.78, 5) is 35.1. The first-order valence-electron chi connectivity index (χ1n) is 10.6. The Kier molecular flexibility index (Phi) is 8.22. The fraction of sp³-hybridized carbons (Fsp3) is 0.240. The molecule has 0 radical (unpaired) electrons. The predicted molar refractivity (Wildman–Crippen MR) is 133 cm³/mol. The Hall–Kier alpha value is -3.33. The van der Waals surface area contributed by atoms with Crippen LogP contribution in [0.4, 0.5) is 0 Å². The van der Waals surface area contributed by atoms with Crippen molar-refractivity contribution in [2.24, 2.45) is 0 Å². The lowest BCUT2D eigenvalue weighted by molar-refractivity contribution is -0.207. The minimum atomic E-state index is -1.06. The molecule has 1 atom stereocenters. The van der Waals surface area contributed by atoms with Crippen LogP contribution in [0, 0.1) is 0 Å². The van der Waals surface area contributed by atoms with Gasteiger partial charge in [-0.3, -0.25) is 4.79 Å². The van der Waals surface area contributed by atoms with Crippen molar-refractivity contribution in [1.82, 2.24) is 15.4 Å². The van der Waals surface area contributed by atoms with Crippen LogP contribution < -0.4 is 10.1 Å². The third kappa shape index (κ3) is 5.67. The van der Waals surface area contributed by atoms with Crippen LogP contribution in [0.25, 0.3) is 0 Å². The van der Waals surface area contributed by atoms with Gasteiger partial charge in [0, 0.05) is 29.4 Å². The lowest BCUT2D eigenvalue weighted by Crippen LogP contribution is -2.47. The fourth-order valence-electron chi connectivity index (χ4n) is 3.48. The van der Waals surface area contributed by atoms with Crippen LogP contribution in [-0.2, 0) is 15.2 Å². The van der Waals surface area contributed by atoms with E-state index in [1.165, 1.54) is 31.4 Å². The first-order valence-corrected chi connectivity index (χ1v) is 11.3. The van der Waals surface area contributed by atoms with Gasteiger partial charge in [-0.05, 0) is 49.2 Å². The normalized spacial score (nSPS) is 12.2. The van der Waals surface area contributed by atoms with Gasteiger partial charge in [0.25, 0.3) is 5.91 Å². The van der Waals surface area contributed by atoms with Crippen molar-refractivity contribution in [3.05, 3.63) is 87.7 Å². The second-order valence-corrected chi connectivity index (χ2v) is 8.77. The topological polar surface area (TPSA) is 101 Å². The maximum atomic E-state index is 12.9. The molecule has 0 fully saturated rings. The van der Waals surface area contributed by atoms with E-state index >= 15 is 0 Å². The van der Waals surface area contributed by atoms with Gasteiger partial charge in [-0.25, -0.2) is 9.78 Å². The van der Waals surface area contributed by atoms with E-state index in [2.05, 4.69) is 10.3 Å². The van der Waals surface area contributed by atoms with Crippen LogP contribution in [0.2, 0.25) is 10.0 Å². The highest BCUT2D eigenvalue weighted by Gasteiger charge is 2.37. The molecule has 0 bridgehead atoms. The Bertz CT molecular complexity index is 1160. The maximum absolute atomic E-state index is 12.9. The summed E-state index contributed by atoms with van der Waals surface area (Å²) in [5, 5.41) is 15.2. The van der Waals surface area contributed by atoms with E-state index in [9.17, 15) is 14.7 Å². The lowest BCUT2D eigenvalue weighted by Gasteiger charge is -2.38. The number of ether oxygens (including phenoxy) is 1. The quantitative estimate of drug-likeness (QED) is 0.421. The number of pyridine rings is 1. The standard InChI is InChI=1S/C25H25Cl2N3O5/c1-15(29-23(32)21-22(31)20(34-4)13-14-28-21)24(33)35-30(3)25(2,16-5-9-18(26)10-6-16)17-7-11-19(27)12-8-17/h5-15,31H,1-4H3,(H,29,32)/t15-/m0/s1. The molecule has 1 aromatic heterocycles. The molecule has 2 N–H and O–H groups in total. The Labute approximate surface area is 213 Å². The van der Waals surface area contributed by atoms with E-state index in [1.807, 2.05) is 31.2 Å². The third-order valence-corrected chi connectivity index (χ3v) is 6.20. The Morgan fingerprint density at radius 2 is 1.54 bits per heavy atom. The molecule has 0 aliphatic heterocycles. The molecule has 0 unspecified atom stereocenters. The molecule has 1 amide bonds. The monoisotopic (exact) mass is 517 g/mol. The number of hydrogen-bond donors (Lipinski definition) is 2. The minimum Gasteiger partial charge on any atom is -0.503 e. The number of nitrogens with one attached hydrogen (secondary N) is 1. The summed E-state index contributed by atoms with van der Waals surface area (Å²) in [6.45, 7) is 3.35. The van der Waals surface area contributed by atoms with Gasteiger partial charge in [0.2, 0.25) is 0 Å². The summed E-state index contributed by atoms with van der Waals surface area (Å²) in [6, 6.07) is 14.7. The Morgan fingerprint density at radius 3 is 2.03 bits per heavy atom. The highest BCUT2D eigenvalue weighted by molar-refractivity contribution is 6.30. The van der Waals surface area contributed by atoms with Crippen molar-refractivity contribution in [3.8, 4) is 11.5 Å². The first kappa shape index (κ1) is 26.3. The van der Waals surface area contributed by atoms with Gasteiger partial charge in [0.15, 0.2) is 17.2 Å². The van der Waals surface area contributed by atoms with Crippen molar-refractivity contribution < 1.29 is 24.3 Å². The summed E-state index contributed by atoms with van der Waals surface area (Å²) in [5.74, 6) is -1.82. The van der Waals surface area contributed by atoms with Crippen LogP contribution in [0.3, 0.4) is 0 Å². The Balaban J connectivity index is 1.82. The first-order chi connectivity index (χ1) is 16.6. The van der Waals surface area contributed by atoms with Gasteiger partial charge >= 0.3 is 5.97 Å². The van der Waals surface area contributed by atoms with Gasteiger partial charge in [-0.2, -0.15) is 0 Å². The largest absolute Gasteiger partial charge is 0.503 e. The summed E-state index contributed by atoms with van der Waals surface area (Å²) in [6.07, 6.45) is 1.31.